The number of nitrogens with one attached hydrogen (secondary N) is 1. The second-order valence-electron chi connectivity index (χ2n) is 5.74. The van der Waals surface area contributed by atoms with Crippen molar-refractivity contribution in [3.05, 3.63) is 58.9 Å². The smallest absolute Gasteiger partial charge is 0.195 e. The summed E-state index contributed by atoms with van der Waals surface area (Å²) in [5.41, 5.74) is 9.04. The van der Waals surface area contributed by atoms with E-state index in [1.165, 1.54) is 17.2 Å². The van der Waals surface area contributed by atoms with E-state index in [-0.39, 0.29) is 5.96 Å². The van der Waals surface area contributed by atoms with Gasteiger partial charge in [0, 0.05) is 13.1 Å². The number of allylic oxidation sites excluding steroid dienone is 1. The molecule has 0 bridgehead atoms. The number of guanidine groups is 1. The van der Waals surface area contributed by atoms with Gasteiger partial charge in [0.25, 0.3) is 0 Å². The lowest BCUT2D eigenvalue weighted by Crippen LogP contribution is -2.45. The first-order valence-electron chi connectivity index (χ1n) is 7.91. The molecule has 6 heteroatoms. The van der Waals surface area contributed by atoms with Crippen LogP contribution in [-0.4, -0.2) is 36.3 Å². The topological polar surface area (TPSA) is 94.5 Å². The van der Waals surface area contributed by atoms with Crippen molar-refractivity contribution >= 4 is 12.2 Å². The Morgan fingerprint density at radius 3 is 2.54 bits per heavy atom. The molecule has 1 atom stereocenters. The van der Waals surface area contributed by atoms with Gasteiger partial charge in [0.15, 0.2) is 5.96 Å². The van der Waals surface area contributed by atoms with Gasteiger partial charge in [0.05, 0.1) is 5.57 Å². The first-order valence-corrected chi connectivity index (χ1v) is 7.91. The Balaban J connectivity index is 1.89. The van der Waals surface area contributed by atoms with E-state index in [2.05, 4.69) is 45.5 Å². The van der Waals surface area contributed by atoms with Crippen LogP contribution in [0.5, 0.6) is 0 Å². The summed E-state index contributed by atoms with van der Waals surface area (Å²) in [4.78, 5) is 16.9. The minimum Gasteiger partial charge on any atom is -0.370 e. The molecule has 1 aromatic rings. The number of hydrogen-bond acceptors (Lipinski definition) is 6. The first kappa shape index (κ1) is 15.8. The predicted molar refractivity (Wildman–Crippen MR) is 91.8 cm³/mol. The van der Waals surface area contributed by atoms with E-state index in [0.29, 0.717) is 17.7 Å². The van der Waals surface area contributed by atoms with Gasteiger partial charge in [0.2, 0.25) is 0 Å². The molecular weight excluding hydrogens is 302 g/mol. The molecule has 0 saturated heterocycles. The van der Waals surface area contributed by atoms with Gasteiger partial charge in [-0.1, -0.05) is 30.3 Å². The van der Waals surface area contributed by atoms with Gasteiger partial charge in [-0.25, -0.2) is 4.99 Å². The molecule has 0 radical (unpaired) electrons. The van der Waals surface area contributed by atoms with E-state index in [9.17, 15) is 10.1 Å². The molecule has 3 rings (SSSR count). The van der Waals surface area contributed by atoms with E-state index < -0.39 is 6.04 Å². The van der Waals surface area contributed by atoms with Gasteiger partial charge in [-0.3, -0.25) is 4.79 Å². The van der Waals surface area contributed by atoms with Crippen LogP contribution < -0.4 is 11.1 Å². The third kappa shape index (κ3) is 3.15. The van der Waals surface area contributed by atoms with E-state index in [0.717, 1.165) is 25.9 Å². The zero-order valence-electron chi connectivity index (χ0n) is 13.3. The van der Waals surface area contributed by atoms with Gasteiger partial charge in [-0.2, -0.15) is 5.26 Å². The fourth-order valence-electron chi connectivity index (χ4n) is 3.13. The third-order valence-electron chi connectivity index (χ3n) is 4.30. The largest absolute Gasteiger partial charge is 0.370 e. The van der Waals surface area contributed by atoms with Crippen molar-refractivity contribution in [1.82, 2.24) is 10.2 Å². The van der Waals surface area contributed by atoms with Crippen LogP contribution in [0.2, 0.25) is 0 Å². The second-order valence-corrected chi connectivity index (χ2v) is 5.74. The Bertz CT molecular complexity index is 745. The monoisotopic (exact) mass is 321 g/mol. The molecule has 6 nitrogen and oxygen atoms in total. The van der Waals surface area contributed by atoms with Crippen molar-refractivity contribution in [3.8, 4) is 6.07 Å². The summed E-state index contributed by atoms with van der Waals surface area (Å²) in [6.07, 6.45) is 5.43. The average Bonchev–Trinajstić information content (AvgIpc) is 2.82. The fourth-order valence-corrected chi connectivity index (χ4v) is 3.13. The van der Waals surface area contributed by atoms with E-state index >= 15 is 0 Å². The number of carbonyl (C=O) groups excluding carboxylic acids is 1. The zero-order chi connectivity index (χ0) is 16.9. The molecule has 2 heterocycles. The SMILES string of the molecule is N#CC1=C(N2CCc3ccccc3CC2)NC(N)=NC1C=CC=O. The van der Waals surface area contributed by atoms with E-state index in [1.807, 2.05) is 0 Å². The molecule has 0 fully saturated rings. The number of nitriles is 1. The number of rotatable bonds is 3. The highest BCUT2D eigenvalue weighted by Crippen LogP contribution is 2.22. The lowest BCUT2D eigenvalue weighted by molar-refractivity contribution is -0.104. The van der Waals surface area contributed by atoms with Crippen LogP contribution >= 0.6 is 0 Å². The van der Waals surface area contributed by atoms with Crippen molar-refractivity contribution in [2.75, 3.05) is 13.1 Å². The number of hydrogen-bond donors (Lipinski definition) is 2. The zero-order valence-corrected chi connectivity index (χ0v) is 13.3. The summed E-state index contributed by atoms with van der Waals surface area (Å²) in [7, 11) is 0. The number of carbonyl (C=O) groups is 1. The Morgan fingerprint density at radius 2 is 1.96 bits per heavy atom. The predicted octanol–water partition coefficient (Wildman–Crippen LogP) is 0.864. The van der Waals surface area contributed by atoms with Crippen LogP contribution in [0.3, 0.4) is 0 Å². The molecule has 24 heavy (non-hydrogen) atoms. The third-order valence-corrected chi connectivity index (χ3v) is 4.30. The van der Waals surface area contributed by atoms with Crippen LogP contribution in [0.4, 0.5) is 0 Å². The van der Waals surface area contributed by atoms with Crippen molar-refractivity contribution in [3.63, 3.8) is 0 Å². The number of fused-ring (bicyclic) bond motifs is 1. The van der Waals surface area contributed by atoms with Crippen LogP contribution in [0, 0.1) is 11.3 Å². The highest BCUT2D eigenvalue weighted by Gasteiger charge is 2.26. The van der Waals surface area contributed by atoms with Gasteiger partial charge >= 0.3 is 0 Å². The fraction of sp³-hybridized carbons (Fsp3) is 0.278. The standard InChI is InChI=1S/C18H19N5O/c19-12-15-16(6-3-11-24)21-18(20)22-17(15)23-9-7-13-4-1-2-5-14(13)8-10-23/h1-6,11,16H,7-10H2,(H3,20,21,22). The molecule has 0 amide bonds. The van der Waals surface area contributed by atoms with Gasteiger partial charge in [-0.15, -0.1) is 0 Å². The summed E-state index contributed by atoms with van der Waals surface area (Å²) in [5.74, 6) is 0.949. The molecule has 122 valence electrons. The van der Waals surface area contributed by atoms with E-state index in [4.69, 9.17) is 5.73 Å². The molecule has 2 aliphatic rings. The van der Waals surface area contributed by atoms with Crippen molar-refractivity contribution in [2.45, 2.75) is 18.9 Å². The van der Waals surface area contributed by atoms with Crippen LogP contribution in [0.1, 0.15) is 11.1 Å². The molecule has 3 N–H and O–H groups in total. The van der Waals surface area contributed by atoms with Gasteiger partial charge in [-0.05, 0) is 30.0 Å². The lowest BCUT2D eigenvalue weighted by atomic mass is 10.0. The van der Waals surface area contributed by atoms with Gasteiger partial charge < -0.3 is 16.0 Å². The molecule has 0 aromatic heterocycles. The maximum atomic E-state index is 10.6. The van der Waals surface area contributed by atoms with Crippen LogP contribution in [0.15, 0.2) is 52.8 Å². The summed E-state index contributed by atoms with van der Waals surface area (Å²) in [6.45, 7) is 1.59. The Labute approximate surface area is 141 Å². The Morgan fingerprint density at radius 1 is 1.29 bits per heavy atom. The molecular formula is C18H19N5O. The summed E-state index contributed by atoms with van der Waals surface area (Å²) >= 11 is 0. The molecule has 1 unspecified atom stereocenters. The summed E-state index contributed by atoms with van der Waals surface area (Å²) < 4.78 is 0. The summed E-state index contributed by atoms with van der Waals surface area (Å²) in [6, 6.07) is 10.1. The van der Waals surface area contributed by atoms with E-state index in [1.54, 1.807) is 6.08 Å². The molecule has 1 aromatic carbocycles. The maximum absolute atomic E-state index is 10.6. The number of nitrogens with zero attached hydrogens (tertiary/aromatic N) is 3. The molecule has 0 saturated carbocycles. The second kappa shape index (κ2) is 7.01. The number of aliphatic imine (C=N–C) groups is 1. The highest BCUT2D eigenvalue weighted by molar-refractivity contribution is 5.82. The minimum atomic E-state index is -0.526. The average molecular weight is 321 g/mol. The Kier molecular flexibility index (Phi) is 4.62. The van der Waals surface area contributed by atoms with Crippen LogP contribution in [0.25, 0.3) is 0 Å². The number of nitrogens with two attached hydrogens (primary N) is 1. The van der Waals surface area contributed by atoms with Gasteiger partial charge in [0.1, 0.15) is 24.2 Å². The Hall–Kier alpha value is -3.07. The quantitative estimate of drug-likeness (QED) is 0.636. The highest BCUT2D eigenvalue weighted by atomic mass is 16.1. The first-order chi connectivity index (χ1) is 11.7. The minimum absolute atomic E-state index is 0.256. The number of benzene rings is 1. The molecule has 0 aliphatic carbocycles. The molecule has 0 spiro atoms. The normalized spacial score (nSPS) is 20.7. The maximum Gasteiger partial charge on any atom is 0.195 e. The van der Waals surface area contributed by atoms with Crippen molar-refractivity contribution < 1.29 is 4.79 Å². The van der Waals surface area contributed by atoms with Crippen LogP contribution in [-0.2, 0) is 17.6 Å². The van der Waals surface area contributed by atoms with Crippen molar-refractivity contribution in [2.24, 2.45) is 10.7 Å². The lowest BCUT2D eigenvalue weighted by Gasteiger charge is -2.31. The number of aldehydes is 1. The van der Waals surface area contributed by atoms with Crippen molar-refractivity contribution in [1.29, 1.82) is 5.26 Å². The summed E-state index contributed by atoms with van der Waals surface area (Å²) in [5, 5.41) is 12.6. The molecule has 2 aliphatic heterocycles.